The van der Waals surface area contributed by atoms with Gasteiger partial charge >= 0.3 is 0 Å². The Morgan fingerprint density at radius 2 is 1.30 bits per heavy atom. The molecule has 1 aliphatic heterocycles. The molecule has 7 aromatic rings. The molecule has 0 radical (unpaired) electrons. The molecule has 1 atom stereocenters. The lowest BCUT2D eigenvalue weighted by atomic mass is 9.72. The molecule has 0 amide bonds. The van der Waals surface area contributed by atoms with Crippen LogP contribution in [0.1, 0.15) is 22.5 Å². The Hall–Kier alpha value is -5.35. The summed E-state index contributed by atoms with van der Waals surface area (Å²) in [5.41, 5.74) is 13.2. The third-order valence-corrected chi connectivity index (χ3v) is 8.51. The van der Waals surface area contributed by atoms with Crippen LogP contribution in [-0.2, 0) is 5.41 Å². The van der Waals surface area contributed by atoms with Crippen molar-refractivity contribution in [3.8, 4) is 39.3 Å². The first-order valence-corrected chi connectivity index (χ1v) is 13.5. The van der Waals surface area contributed by atoms with Crippen molar-refractivity contribution < 1.29 is 0 Å². The number of hydrogen-bond donors (Lipinski definition) is 0. The number of aromatic nitrogens is 4. The van der Waals surface area contributed by atoms with E-state index in [-0.39, 0.29) is 0 Å². The van der Waals surface area contributed by atoms with E-state index in [0.717, 1.165) is 39.4 Å². The van der Waals surface area contributed by atoms with Gasteiger partial charge in [0.1, 0.15) is 11.2 Å². The van der Waals surface area contributed by atoms with E-state index in [1.165, 1.54) is 33.5 Å². The third-order valence-electron chi connectivity index (χ3n) is 8.51. The molecule has 1 spiro atoms. The van der Waals surface area contributed by atoms with Gasteiger partial charge in [-0.2, -0.15) is 0 Å². The van der Waals surface area contributed by atoms with Gasteiger partial charge in [0, 0.05) is 18.0 Å². The largest absolute Gasteiger partial charge is 0.295 e. The van der Waals surface area contributed by atoms with Crippen molar-refractivity contribution in [1.29, 1.82) is 0 Å². The lowest BCUT2D eigenvalue weighted by Crippen LogP contribution is -2.27. The molecule has 4 heterocycles. The van der Waals surface area contributed by atoms with Gasteiger partial charge in [0.05, 0.1) is 28.1 Å². The summed E-state index contributed by atoms with van der Waals surface area (Å²) >= 11 is 0. The van der Waals surface area contributed by atoms with Crippen molar-refractivity contribution in [2.24, 2.45) is 0 Å². The Morgan fingerprint density at radius 3 is 2.17 bits per heavy atom. The van der Waals surface area contributed by atoms with Crippen molar-refractivity contribution in [3.63, 3.8) is 0 Å². The Morgan fingerprint density at radius 1 is 0.550 bits per heavy atom. The monoisotopic (exact) mass is 510 g/mol. The minimum atomic E-state index is -0.501. The van der Waals surface area contributed by atoms with Gasteiger partial charge in [-0.25, -0.2) is 4.98 Å². The zero-order valence-corrected chi connectivity index (χ0v) is 21.5. The first-order chi connectivity index (χ1) is 19.8. The number of nitrogens with zero attached hydrogens (tertiary/aromatic N) is 4. The fourth-order valence-corrected chi connectivity index (χ4v) is 6.85. The molecule has 186 valence electrons. The summed E-state index contributed by atoms with van der Waals surface area (Å²) in [5.74, 6) is 1.06. The van der Waals surface area contributed by atoms with Gasteiger partial charge in [0.25, 0.3) is 0 Å². The van der Waals surface area contributed by atoms with Gasteiger partial charge in [0.15, 0.2) is 0 Å². The van der Waals surface area contributed by atoms with E-state index in [4.69, 9.17) is 9.97 Å². The maximum Gasteiger partial charge on any atom is 0.134 e. The van der Waals surface area contributed by atoms with Gasteiger partial charge in [-0.05, 0) is 75.8 Å². The summed E-state index contributed by atoms with van der Waals surface area (Å²) in [6.45, 7) is 0. The van der Waals surface area contributed by atoms with Gasteiger partial charge in [0.2, 0.25) is 0 Å². The van der Waals surface area contributed by atoms with E-state index < -0.39 is 5.41 Å². The Balaban J connectivity index is 1.31. The number of imidazole rings is 1. The van der Waals surface area contributed by atoms with E-state index in [0.29, 0.717) is 0 Å². The normalized spacial score (nSPS) is 16.1. The molecule has 0 bridgehead atoms. The van der Waals surface area contributed by atoms with Crippen LogP contribution in [0.25, 0.3) is 50.4 Å². The van der Waals surface area contributed by atoms with E-state index in [2.05, 4.69) is 113 Å². The number of fused-ring (bicyclic) bond motifs is 12. The first-order valence-electron chi connectivity index (χ1n) is 13.5. The summed E-state index contributed by atoms with van der Waals surface area (Å²) in [7, 11) is 0. The second kappa shape index (κ2) is 7.84. The summed E-state index contributed by atoms with van der Waals surface area (Å²) < 4.78 is 2.37. The number of pyridine rings is 2. The minimum absolute atomic E-state index is 0.501. The zero-order chi connectivity index (χ0) is 26.3. The van der Waals surface area contributed by atoms with Crippen LogP contribution in [0.15, 0.2) is 134 Å². The molecule has 1 unspecified atom stereocenters. The van der Waals surface area contributed by atoms with Gasteiger partial charge < -0.3 is 0 Å². The third kappa shape index (κ3) is 2.67. The smallest absolute Gasteiger partial charge is 0.134 e. The molecular weight excluding hydrogens is 488 g/mol. The van der Waals surface area contributed by atoms with Gasteiger partial charge in [-0.3, -0.25) is 14.5 Å². The summed E-state index contributed by atoms with van der Waals surface area (Å²) in [6.07, 6.45) is 3.76. The standard InChI is InChI=1S/C36H22N4/c1-2-10-27-25(9-1)26-18-16-23(24-17-19-31(38-22-24)30-12-7-8-20-37-30)21-29(26)36(27)28-11-3-5-14-33(28)40-34-15-6-4-13-32(34)39-35(36)40/h1-22H. The fraction of sp³-hybridized carbons (Fsp3) is 0.0278. The van der Waals surface area contributed by atoms with Crippen molar-refractivity contribution in [1.82, 2.24) is 19.5 Å². The summed E-state index contributed by atoms with van der Waals surface area (Å²) in [4.78, 5) is 14.6. The lowest BCUT2D eigenvalue weighted by Gasteiger charge is -2.27. The number of para-hydroxylation sites is 3. The molecule has 4 nitrogen and oxygen atoms in total. The molecule has 1 aliphatic carbocycles. The molecule has 4 heteroatoms. The molecule has 40 heavy (non-hydrogen) atoms. The average Bonchev–Trinajstić information content (AvgIpc) is 3.65. The van der Waals surface area contributed by atoms with Crippen molar-refractivity contribution in [3.05, 3.63) is 156 Å². The van der Waals surface area contributed by atoms with E-state index in [1.54, 1.807) is 6.20 Å². The zero-order valence-electron chi connectivity index (χ0n) is 21.5. The predicted molar refractivity (Wildman–Crippen MR) is 158 cm³/mol. The van der Waals surface area contributed by atoms with Crippen LogP contribution in [0, 0.1) is 0 Å². The van der Waals surface area contributed by atoms with Gasteiger partial charge in [-0.1, -0.05) is 78.9 Å². The second-order valence-electron chi connectivity index (χ2n) is 10.5. The summed E-state index contributed by atoms with van der Waals surface area (Å²) in [6, 6.07) is 43.0. The fourth-order valence-electron chi connectivity index (χ4n) is 6.85. The Labute approximate surface area is 231 Å². The molecule has 3 aromatic heterocycles. The molecule has 4 aromatic carbocycles. The number of rotatable bonds is 2. The molecule has 9 rings (SSSR count). The molecule has 0 saturated carbocycles. The topological polar surface area (TPSA) is 43.6 Å². The first kappa shape index (κ1) is 21.6. The maximum absolute atomic E-state index is 5.33. The van der Waals surface area contributed by atoms with Crippen LogP contribution >= 0.6 is 0 Å². The molecule has 0 fully saturated rings. The minimum Gasteiger partial charge on any atom is -0.295 e. The van der Waals surface area contributed by atoms with Crippen molar-refractivity contribution in [2.45, 2.75) is 5.41 Å². The lowest BCUT2D eigenvalue weighted by molar-refractivity contribution is 0.738. The van der Waals surface area contributed by atoms with E-state index >= 15 is 0 Å². The number of hydrogen-bond acceptors (Lipinski definition) is 3. The van der Waals surface area contributed by atoms with E-state index in [1.807, 2.05) is 24.4 Å². The van der Waals surface area contributed by atoms with Crippen molar-refractivity contribution >= 4 is 11.0 Å². The summed E-state index contributed by atoms with van der Waals surface area (Å²) in [5, 5.41) is 0. The van der Waals surface area contributed by atoms with Crippen LogP contribution in [-0.4, -0.2) is 19.5 Å². The van der Waals surface area contributed by atoms with Crippen LogP contribution in [0.3, 0.4) is 0 Å². The molecule has 2 aliphatic rings. The predicted octanol–water partition coefficient (Wildman–Crippen LogP) is 7.83. The van der Waals surface area contributed by atoms with Crippen LogP contribution in [0.4, 0.5) is 0 Å². The van der Waals surface area contributed by atoms with Crippen LogP contribution in [0.2, 0.25) is 0 Å². The Bertz CT molecular complexity index is 2110. The highest BCUT2D eigenvalue weighted by molar-refractivity contribution is 5.92. The van der Waals surface area contributed by atoms with Crippen LogP contribution < -0.4 is 0 Å². The average molecular weight is 511 g/mol. The molecule has 0 saturated heterocycles. The van der Waals surface area contributed by atoms with Crippen LogP contribution in [0.5, 0.6) is 0 Å². The quantitative estimate of drug-likeness (QED) is 0.238. The maximum atomic E-state index is 5.33. The Kier molecular flexibility index (Phi) is 4.23. The molecular formula is C36H22N4. The highest BCUT2D eigenvalue weighted by Crippen LogP contribution is 2.60. The van der Waals surface area contributed by atoms with Crippen molar-refractivity contribution in [2.75, 3.05) is 0 Å². The highest BCUT2D eigenvalue weighted by Gasteiger charge is 2.54. The molecule has 0 N–H and O–H groups in total. The number of benzene rings is 4. The van der Waals surface area contributed by atoms with E-state index in [9.17, 15) is 0 Å². The SMILES string of the molecule is c1ccc(-c2ccc(-c3ccc4c(c3)C3(c5ccccc5-4)c4ccccc4-n4c3nc3ccccc34)cn2)nc1. The highest BCUT2D eigenvalue weighted by atomic mass is 15.1. The van der Waals surface area contributed by atoms with Gasteiger partial charge in [-0.15, -0.1) is 0 Å². The second-order valence-corrected chi connectivity index (χ2v) is 10.5.